The normalized spacial score (nSPS) is 29.1. The molecule has 4 heteroatoms. The fourth-order valence-electron chi connectivity index (χ4n) is 2.64. The molecule has 1 atom stereocenters. The third-order valence-corrected chi connectivity index (χ3v) is 3.87. The van der Waals surface area contributed by atoms with Crippen molar-refractivity contribution in [2.24, 2.45) is 5.41 Å². The summed E-state index contributed by atoms with van der Waals surface area (Å²) < 4.78 is 10.8. The van der Waals surface area contributed by atoms with Crippen molar-refractivity contribution in [3.05, 3.63) is 0 Å². The Balaban J connectivity index is 1.88. The van der Waals surface area contributed by atoms with Crippen molar-refractivity contribution >= 4 is 5.97 Å². The van der Waals surface area contributed by atoms with Crippen LogP contribution in [0.2, 0.25) is 0 Å². The fourth-order valence-corrected chi connectivity index (χ4v) is 2.64. The van der Waals surface area contributed by atoms with Crippen LogP contribution in [-0.4, -0.2) is 37.0 Å². The lowest BCUT2D eigenvalue weighted by Crippen LogP contribution is -2.37. The molecule has 2 heterocycles. The topological polar surface area (TPSA) is 55.8 Å². The Labute approximate surface area is 95.9 Å². The minimum atomic E-state index is -0.659. The first-order valence-electron chi connectivity index (χ1n) is 6.16. The van der Waals surface area contributed by atoms with Crippen molar-refractivity contribution in [1.82, 2.24) is 0 Å². The number of carboxylic acids is 1. The van der Waals surface area contributed by atoms with Gasteiger partial charge in [0.15, 0.2) is 0 Å². The van der Waals surface area contributed by atoms with Crippen molar-refractivity contribution in [1.29, 1.82) is 0 Å². The van der Waals surface area contributed by atoms with E-state index in [1.807, 2.05) is 0 Å². The van der Waals surface area contributed by atoms with E-state index in [-0.39, 0.29) is 0 Å². The first-order chi connectivity index (χ1) is 7.73. The van der Waals surface area contributed by atoms with Crippen molar-refractivity contribution in [3.8, 4) is 0 Å². The van der Waals surface area contributed by atoms with Gasteiger partial charge in [0.1, 0.15) is 0 Å². The second kappa shape index (κ2) is 5.15. The first-order valence-corrected chi connectivity index (χ1v) is 6.16. The van der Waals surface area contributed by atoms with E-state index in [9.17, 15) is 9.90 Å². The van der Waals surface area contributed by atoms with Gasteiger partial charge in [-0.15, -0.1) is 0 Å². The van der Waals surface area contributed by atoms with E-state index < -0.39 is 11.4 Å². The van der Waals surface area contributed by atoms with Crippen LogP contribution in [0.4, 0.5) is 0 Å². The average molecular weight is 228 g/mol. The summed E-state index contributed by atoms with van der Waals surface area (Å²) in [7, 11) is 0. The second-order valence-electron chi connectivity index (χ2n) is 4.87. The van der Waals surface area contributed by atoms with Crippen molar-refractivity contribution in [3.63, 3.8) is 0 Å². The van der Waals surface area contributed by atoms with Gasteiger partial charge in [0.2, 0.25) is 0 Å². The number of hydrogen-bond acceptors (Lipinski definition) is 3. The lowest BCUT2D eigenvalue weighted by molar-refractivity contribution is -0.156. The Kier molecular flexibility index (Phi) is 3.82. The largest absolute Gasteiger partial charge is 0.481 e. The zero-order valence-corrected chi connectivity index (χ0v) is 9.61. The SMILES string of the molecule is O=C(O)C1(CCC2CCCO2)CCOCC1. The predicted molar refractivity (Wildman–Crippen MR) is 58.3 cm³/mol. The molecule has 1 unspecified atom stereocenters. The Hall–Kier alpha value is -0.610. The van der Waals surface area contributed by atoms with Gasteiger partial charge in [-0.1, -0.05) is 0 Å². The van der Waals surface area contributed by atoms with E-state index in [1.165, 1.54) is 0 Å². The summed E-state index contributed by atoms with van der Waals surface area (Å²) in [5.74, 6) is -0.659. The standard InChI is InChI=1S/C12H20O4/c13-11(14)12(5-8-15-9-6-12)4-3-10-2-1-7-16-10/h10H,1-9H2,(H,13,14). The summed E-state index contributed by atoms with van der Waals surface area (Å²) in [5, 5.41) is 9.37. The average Bonchev–Trinajstić information content (AvgIpc) is 2.80. The molecule has 0 aromatic carbocycles. The Morgan fingerprint density at radius 2 is 2.06 bits per heavy atom. The minimum Gasteiger partial charge on any atom is -0.481 e. The fraction of sp³-hybridized carbons (Fsp3) is 0.917. The molecule has 0 aromatic rings. The third kappa shape index (κ3) is 2.55. The molecule has 0 aromatic heterocycles. The van der Waals surface area contributed by atoms with Crippen molar-refractivity contribution in [2.45, 2.75) is 44.6 Å². The number of hydrogen-bond donors (Lipinski definition) is 1. The highest BCUT2D eigenvalue weighted by molar-refractivity contribution is 5.74. The number of carboxylic acid groups (broad SMARTS) is 1. The van der Waals surface area contributed by atoms with E-state index in [1.54, 1.807) is 0 Å². The molecule has 4 nitrogen and oxygen atoms in total. The molecular weight excluding hydrogens is 208 g/mol. The summed E-state index contributed by atoms with van der Waals surface area (Å²) >= 11 is 0. The van der Waals surface area contributed by atoms with E-state index in [0.717, 1.165) is 32.3 Å². The Morgan fingerprint density at radius 1 is 1.31 bits per heavy atom. The van der Waals surface area contributed by atoms with Crippen LogP contribution in [-0.2, 0) is 14.3 Å². The quantitative estimate of drug-likeness (QED) is 0.797. The first kappa shape index (κ1) is 11.9. The van der Waals surface area contributed by atoms with Crippen molar-refractivity contribution in [2.75, 3.05) is 19.8 Å². The highest BCUT2D eigenvalue weighted by atomic mass is 16.5. The Bertz CT molecular complexity index is 239. The molecule has 2 aliphatic rings. The van der Waals surface area contributed by atoms with Crippen LogP contribution in [0.25, 0.3) is 0 Å². The van der Waals surface area contributed by atoms with Crippen LogP contribution in [0.15, 0.2) is 0 Å². The lowest BCUT2D eigenvalue weighted by Gasteiger charge is -2.33. The maximum Gasteiger partial charge on any atom is 0.309 e. The smallest absolute Gasteiger partial charge is 0.309 e. The van der Waals surface area contributed by atoms with Crippen LogP contribution in [0, 0.1) is 5.41 Å². The number of rotatable bonds is 4. The number of aliphatic carboxylic acids is 1. The zero-order chi connectivity index (χ0) is 11.4. The van der Waals surface area contributed by atoms with Gasteiger partial charge < -0.3 is 14.6 Å². The molecule has 0 spiro atoms. The number of ether oxygens (including phenoxy) is 2. The molecule has 0 amide bonds. The second-order valence-corrected chi connectivity index (χ2v) is 4.87. The molecule has 1 N–H and O–H groups in total. The maximum atomic E-state index is 11.4. The molecule has 0 bridgehead atoms. The molecule has 92 valence electrons. The highest BCUT2D eigenvalue weighted by Crippen LogP contribution is 2.37. The highest BCUT2D eigenvalue weighted by Gasteiger charge is 2.40. The van der Waals surface area contributed by atoms with E-state index in [0.29, 0.717) is 32.2 Å². The van der Waals surface area contributed by atoms with E-state index in [2.05, 4.69) is 0 Å². The van der Waals surface area contributed by atoms with Gasteiger partial charge >= 0.3 is 5.97 Å². The van der Waals surface area contributed by atoms with Crippen LogP contribution in [0.3, 0.4) is 0 Å². The summed E-state index contributed by atoms with van der Waals surface area (Å²) in [4.78, 5) is 11.4. The van der Waals surface area contributed by atoms with Gasteiger partial charge in [-0.05, 0) is 38.5 Å². The van der Waals surface area contributed by atoms with Crippen LogP contribution >= 0.6 is 0 Å². The van der Waals surface area contributed by atoms with Gasteiger partial charge in [-0.25, -0.2) is 0 Å². The van der Waals surface area contributed by atoms with E-state index in [4.69, 9.17) is 9.47 Å². The molecule has 0 saturated carbocycles. The van der Waals surface area contributed by atoms with Crippen LogP contribution in [0.5, 0.6) is 0 Å². The van der Waals surface area contributed by atoms with Gasteiger partial charge in [0, 0.05) is 19.8 Å². The minimum absolute atomic E-state index is 0.291. The molecule has 0 radical (unpaired) electrons. The predicted octanol–water partition coefficient (Wildman–Crippen LogP) is 1.83. The molecule has 0 aliphatic carbocycles. The van der Waals surface area contributed by atoms with Gasteiger partial charge in [-0.3, -0.25) is 4.79 Å². The lowest BCUT2D eigenvalue weighted by atomic mass is 9.76. The summed E-state index contributed by atoms with van der Waals surface area (Å²) in [6.07, 6.45) is 5.41. The summed E-state index contributed by atoms with van der Waals surface area (Å²) in [6.45, 7) is 2.00. The van der Waals surface area contributed by atoms with Crippen molar-refractivity contribution < 1.29 is 19.4 Å². The molecule has 2 rings (SSSR count). The zero-order valence-electron chi connectivity index (χ0n) is 9.61. The monoisotopic (exact) mass is 228 g/mol. The molecule has 2 fully saturated rings. The van der Waals surface area contributed by atoms with Crippen LogP contribution in [0.1, 0.15) is 38.5 Å². The van der Waals surface area contributed by atoms with E-state index >= 15 is 0 Å². The molecular formula is C12H20O4. The summed E-state index contributed by atoms with van der Waals surface area (Å²) in [6, 6.07) is 0. The molecule has 2 saturated heterocycles. The third-order valence-electron chi connectivity index (χ3n) is 3.87. The molecule has 16 heavy (non-hydrogen) atoms. The maximum absolute atomic E-state index is 11.4. The van der Waals surface area contributed by atoms with Crippen LogP contribution < -0.4 is 0 Å². The van der Waals surface area contributed by atoms with Gasteiger partial charge in [0.05, 0.1) is 11.5 Å². The van der Waals surface area contributed by atoms with Gasteiger partial charge in [-0.2, -0.15) is 0 Å². The number of carbonyl (C=O) groups is 1. The van der Waals surface area contributed by atoms with Gasteiger partial charge in [0.25, 0.3) is 0 Å². The molecule has 2 aliphatic heterocycles. The summed E-state index contributed by atoms with van der Waals surface area (Å²) in [5.41, 5.74) is -0.551. The Morgan fingerprint density at radius 3 is 2.62 bits per heavy atom.